The predicted molar refractivity (Wildman–Crippen MR) is 138 cm³/mol. The van der Waals surface area contributed by atoms with Gasteiger partial charge in [0.05, 0.1) is 30.5 Å². The summed E-state index contributed by atoms with van der Waals surface area (Å²) in [5.74, 6) is 1.35. The molecule has 0 spiro atoms. The van der Waals surface area contributed by atoms with Crippen LogP contribution in [0.5, 0.6) is 5.75 Å². The van der Waals surface area contributed by atoms with E-state index in [0.29, 0.717) is 21.5 Å². The lowest BCUT2D eigenvalue weighted by Crippen LogP contribution is -2.27. The van der Waals surface area contributed by atoms with E-state index in [4.69, 9.17) is 26.5 Å². The summed E-state index contributed by atoms with van der Waals surface area (Å²) in [6.45, 7) is 2.30. The van der Waals surface area contributed by atoms with E-state index in [2.05, 4.69) is 0 Å². The summed E-state index contributed by atoms with van der Waals surface area (Å²) in [6, 6.07) is 19.4. The number of carbonyl (C=O) groups excluding carboxylic acids is 1. The quantitative estimate of drug-likeness (QED) is 0.251. The lowest BCUT2D eigenvalue weighted by molar-refractivity contribution is -0.122. The van der Waals surface area contributed by atoms with Gasteiger partial charge in [-0.05, 0) is 61.0 Å². The van der Waals surface area contributed by atoms with Crippen molar-refractivity contribution >= 4 is 40.3 Å². The summed E-state index contributed by atoms with van der Waals surface area (Å²) < 4.78 is 13.1. The maximum absolute atomic E-state index is 13.2. The Balaban J connectivity index is 1.55. The molecule has 6 nitrogen and oxygen atoms in total. The van der Waals surface area contributed by atoms with E-state index in [1.807, 2.05) is 78.5 Å². The normalized spacial score (nSPS) is 14.9. The number of benzene rings is 2. The average molecular weight is 488 g/mol. The van der Waals surface area contributed by atoms with Gasteiger partial charge in [0.15, 0.2) is 0 Å². The van der Waals surface area contributed by atoms with Gasteiger partial charge < -0.3 is 9.15 Å². The summed E-state index contributed by atoms with van der Waals surface area (Å²) >= 11 is 6.77. The topological polar surface area (TPSA) is 60.5 Å². The molecule has 34 heavy (non-hydrogen) atoms. The van der Waals surface area contributed by atoms with Gasteiger partial charge in [0.1, 0.15) is 21.5 Å². The molecule has 2 aromatic heterocycles. The van der Waals surface area contributed by atoms with E-state index in [-0.39, 0.29) is 5.91 Å². The summed E-state index contributed by atoms with van der Waals surface area (Å²) in [7, 11) is 1.66. The maximum Gasteiger partial charge on any atom is 0.266 e. The van der Waals surface area contributed by atoms with Crippen molar-refractivity contribution < 1.29 is 13.9 Å². The smallest absolute Gasteiger partial charge is 0.266 e. The van der Waals surface area contributed by atoms with E-state index < -0.39 is 0 Å². The number of furan rings is 1. The number of thioether (sulfide) groups is 1. The second-order valence-corrected chi connectivity index (χ2v) is 9.42. The number of thiocarbonyl (C=S) groups is 1. The average Bonchev–Trinajstić information content (AvgIpc) is 3.57. The second kappa shape index (κ2) is 9.32. The van der Waals surface area contributed by atoms with Crippen LogP contribution in [0.4, 0.5) is 0 Å². The molecule has 0 radical (unpaired) electrons. The first-order valence-corrected chi connectivity index (χ1v) is 11.8. The largest absolute Gasteiger partial charge is 0.496 e. The van der Waals surface area contributed by atoms with Crippen molar-refractivity contribution in [2.45, 2.75) is 13.5 Å². The fourth-order valence-corrected chi connectivity index (χ4v) is 5.04. The zero-order chi connectivity index (χ0) is 23.7. The fraction of sp³-hybridized carbons (Fsp3) is 0.115. The summed E-state index contributed by atoms with van der Waals surface area (Å²) in [6.07, 6.45) is 5.38. The minimum atomic E-state index is -0.143. The molecule has 1 saturated heterocycles. The van der Waals surface area contributed by atoms with Gasteiger partial charge in [0.25, 0.3) is 5.91 Å². The zero-order valence-corrected chi connectivity index (χ0v) is 20.2. The second-order valence-electron chi connectivity index (χ2n) is 7.74. The minimum Gasteiger partial charge on any atom is -0.496 e. The van der Waals surface area contributed by atoms with E-state index >= 15 is 0 Å². The zero-order valence-electron chi connectivity index (χ0n) is 18.6. The van der Waals surface area contributed by atoms with Crippen LogP contribution in [0, 0.1) is 6.92 Å². The van der Waals surface area contributed by atoms with Gasteiger partial charge in [-0.3, -0.25) is 9.69 Å². The standard InChI is InChI=1S/C26H21N3O3S2/c1-17-13-18(10-11-22(17)31-2)24-19(15-29(27-24)20-7-4-3-5-8-20)14-23-25(30)28(26(33)34-23)16-21-9-6-12-32-21/h3-15H,16H2,1-2H3/b23-14-. The highest BCUT2D eigenvalue weighted by Crippen LogP contribution is 2.36. The van der Waals surface area contributed by atoms with Crippen molar-refractivity contribution in [2.24, 2.45) is 0 Å². The van der Waals surface area contributed by atoms with Crippen LogP contribution in [-0.4, -0.2) is 32.0 Å². The molecule has 8 heteroatoms. The lowest BCUT2D eigenvalue weighted by Gasteiger charge is -2.11. The molecule has 1 aliphatic rings. The predicted octanol–water partition coefficient (Wildman–Crippen LogP) is 5.85. The Morgan fingerprint density at radius 2 is 1.97 bits per heavy atom. The molecule has 1 fully saturated rings. The lowest BCUT2D eigenvalue weighted by atomic mass is 10.0. The summed E-state index contributed by atoms with van der Waals surface area (Å²) in [5.41, 5.74) is 4.46. The van der Waals surface area contributed by atoms with Crippen LogP contribution in [0.15, 0.2) is 82.4 Å². The molecule has 4 aromatic rings. The molecule has 1 amide bonds. The number of amides is 1. The summed E-state index contributed by atoms with van der Waals surface area (Å²) in [5, 5.41) is 4.86. The van der Waals surface area contributed by atoms with E-state index in [1.54, 1.807) is 24.3 Å². The molecular formula is C26H21N3O3S2. The third-order valence-electron chi connectivity index (χ3n) is 5.49. The highest BCUT2D eigenvalue weighted by Gasteiger charge is 2.33. The molecular weight excluding hydrogens is 466 g/mol. The van der Waals surface area contributed by atoms with E-state index in [0.717, 1.165) is 33.8 Å². The number of aryl methyl sites for hydroxylation is 1. The molecule has 0 N–H and O–H groups in total. The van der Waals surface area contributed by atoms with Crippen LogP contribution in [0.2, 0.25) is 0 Å². The number of rotatable bonds is 6. The van der Waals surface area contributed by atoms with Crippen LogP contribution >= 0.6 is 24.0 Å². The van der Waals surface area contributed by atoms with Gasteiger partial charge in [0.2, 0.25) is 0 Å². The molecule has 5 rings (SSSR count). The Morgan fingerprint density at radius 3 is 2.68 bits per heavy atom. The van der Waals surface area contributed by atoms with Crippen molar-refractivity contribution in [3.63, 3.8) is 0 Å². The fourth-order valence-electron chi connectivity index (χ4n) is 3.79. The van der Waals surface area contributed by atoms with Crippen molar-refractivity contribution in [3.8, 4) is 22.7 Å². The van der Waals surface area contributed by atoms with Gasteiger partial charge in [-0.25, -0.2) is 4.68 Å². The molecule has 0 atom stereocenters. The number of nitrogens with zero attached hydrogens (tertiary/aromatic N) is 3. The Hall–Kier alpha value is -3.62. The SMILES string of the molecule is COc1ccc(-c2nn(-c3ccccc3)cc2/C=C2\SC(=S)N(Cc3ccco3)C2=O)cc1C. The number of hydrogen-bond donors (Lipinski definition) is 0. The Labute approximate surface area is 206 Å². The third kappa shape index (κ3) is 4.30. The number of methoxy groups -OCH3 is 1. The van der Waals surface area contributed by atoms with Crippen molar-refractivity contribution in [1.82, 2.24) is 14.7 Å². The van der Waals surface area contributed by atoms with Crippen LogP contribution in [0.1, 0.15) is 16.9 Å². The minimum absolute atomic E-state index is 0.143. The van der Waals surface area contributed by atoms with Crippen molar-refractivity contribution in [3.05, 3.63) is 94.9 Å². The maximum atomic E-state index is 13.2. The highest BCUT2D eigenvalue weighted by molar-refractivity contribution is 8.26. The van der Waals surface area contributed by atoms with Crippen LogP contribution < -0.4 is 4.74 Å². The molecule has 3 heterocycles. The molecule has 0 saturated carbocycles. The Bertz CT molecular complexity index is 1390. The van der Waals surface area contributed by atoms with E-state index in [1.165, 1.54) is 11.8 Å². The number of ether oxygens (including phenoxy) is 1. The number of hydrogen-bond acceptors (Lipinski definition) is 6. The first-order valence-electron chi connectivity index (χ1n) is 10.6. The Morgan fingerprint density at radius 1 is 1.15 bits per heavy atom. The number of carbonyl (C=O) groups is 1. The van der Waals surface area contributed by atoms with E-state index in [9.17, 15) is 4.79 Å². The van der Waals surface area contributed by atoms with Gasteiger partial charge in [-0.2, -0.15) is 5.10 Å². The molecule has 0 unspecified atom stereocenters. The van der Waals surface area contributed by atoms with Crippen LogP contribution in [0.3, 0.4) is 0 Å². The van der Waals surface area contributed by atoms with Crippen LogP contribution in [-0.2, 0) is 11.3 Å². The molecule has 1 aliphatic heterocycles. The number of aromatic nitrogens is 2. The first kappa shape index (κ1) is 22.2. The molecule has 0 bridgehead atoms. The molecule has 2 aromatic carbocycles. The monoisotopic (exact) mass is 487 g/mol. The molecule has 0 aliphatic carbocycles. The van der Waals surface area contributed by atoms with Gasteiger partial charge in [0, 0.05) is 17.3 Å². The highest BCUT2D eigenvalue weighted by atomic mass is 32.2. The Kier molecular flexibility index (Phi) is 6.08. The molecule has 170 valence electrons. The number of para-hydroxylation sites is 1. The van der Waals surface area contributed by atoms with Gasteiger partial charge in [-0.15, -0.1) is 0 Å². The van der Waals surface area contributed by atoms with Crippen molar-refractivity contribution in [1.29, 1.82) is 0 Å². The first-order chi connectivity index (χ1) is 16.5. The van der Waals surface area contributed by atoms with Gasteiger partial charge >= 0.3 is 0 Å². The van der Waals surface area contributed by atoms with Crippen LogP contribution in [0.25, 0.3) is 23.0 Å². The van der Waals surface area contributed by atoms with Crippen molar-refractivity contribution in [2.75, 3.05) is 7.11 Å². The van der Waals surface area contributed by atoms with Gasteiger partial charge in [-0.1, -0.05) is 42.2 Å². The third-order valence-corrected chi connectivity index (χ3v) is 6.86. The summed E-state index contributed by atoms with van der Waals surface area (Å²) in [4.78, 5) is 15.3.